The van der Waals surface area contributed by atoms with Gasteiger partial charge in [0.15, 0.2) is 0 Å². The zero-order valence-electron chi connectivity index (χ0n) is 10.5. The van der Waals surface area contributed by atoms with E-state index < -0.39 is 0 Å². The Morgan fingerprint density at radius 2 is 2.24 bits per heavy atom. The van der Waals surface area contributed by atoms with Gasteiger partial charge in [-0.3, -0.25) is 4.79 Å². The van der Waals surface area contributed by atoms with Crippen LogP contribution in [0.15, 0.2) is 0 Å². The van der Waals surface area contributed by atoms with E-state index in [1.54, 1.807) is 0 Å². The molecule has 3 aliphatic rings. The molecule has 2 heterocycles. The van der Waals surface area contributed by atoms with Gasteiger partial charge in [-0.2, -0.15) is 0 Å². The van der Waals surface area contributed by atoms with Crippen molar-refractivity contribution >= 4 is 17.7 Å². The second kappa shape index (κ2) is 4.47. The smallest absolute Gasteiger partial charge is 0.222 e. The number of hydrogen-bond acceptors (Lipinski definition) is 3. The maximum absolute atomic E-state index is 11.9. The van der Waals surface area contributed by atoms with E-state index in [1.807, 2.05) is 11.8 Å². The lowest BCUT2D eigenvalue weighted by molar-refractivity contribution is -0.137. The Kier molecular flexibility index (Phi) is 3.11. The first-order valence-electron chi connectivity index (χ1n) is 6.74. The highest BCUT2D eigenvalue weighted by Crippen LogP contribution is 2.46. The molecule has 2 aliphatic heterocycles. The van der Waals surface area contributed by atoms with Crippen molar-refractivity contribution in [2.24, 2.45) is 5.92 Å². The predicted molar refractivity (Wildman–Crippen MR) is 69.1 cm³/mol. The summed E-state index contributed by atoms with van der Waals surface area (Å²) < 4.78 is 6.03. The molecule has 2 saturated heterocycles. The average molecular weight is 255 g/mol. The van der Waals surface area contributed by atoms with Crippen LogP contribution in [0.4, 0.5) is 0 Å². The fourth-order valence-electron chi connectivity index (χ4n) is 2.89. The molecule has 3 rings (SSSR count). The SMILES string of the molecule is CCO[C@H]1CSC2(C1)CN(C(=O)CC1CC1)C2. The zero-order valence-corrected chi connectivity index (χ0v) is 11.3. The molecule has 1 spiro atoms. The lowest BCUT2D eigenvalue weighted by Gasteiger charge is -2.47. The highest BCUT2D eigenvalue weighted by atomic mass is 32.2. The van der Waals surface area contributed by atoms with Gasteiger partial charge in [0.25, 0.3) is 0 Å². The first-order chi connectivity index (χ1) is 8.21. The summed E-state index contributed by atoms with van der Waals surface area (Å²) in [7, 11) is 0. The second-order valence-corrected chi connectivity index (χ2v) is 7.16. The number of ether oxygens (including phenoxy) is 1. The van der Waals surface area contributed by atoms with Gasteiger partial charge in [-0.1, -0.05) is 0 Å². The van der Waals surface area contributed by atoms with Crippen molar-refractivity contribution in [2.45, 2.75) is 43.5 Å². The van der Waals surface area contributed by atoms with E-state index >= 15 is 0 Å². The number of nitrogens with zero attached hydrogens (tertiary/aromatic N) is 1. The van der Waals surface area contributed by atoms with E-state index in [-0.39, 0.29) is 0 Å². The maximum Gasteiger partial charge on any atom is 0.222 e. The van der Waals surface area contributed by atoms with E-state index in [2.05, 4.69) is 11.8 Å². The summed E-state index contributed by atoms with van der Waals surface area (Å²) in [5, 5.41) is 0. The molecule has 3 fully saturated rings. The molecule has 1 aliphatic carbocycles. The van der Waals surface area contributed by atoms with Crippen molar-refractivity contribution in [3.63, 3.8) is 0 Å². The lowest BCUT2D eigenvalue weighted by Crippen LogP contribution is -2.60. The van der Waals surface area contributed by atoms with Crippen LogP contribution < -0.4 is 0 Å². The van der Waals surface area contributed by atoms with Crippen molar-refractivity contribution in [3.8, 4) is 0 Å². The minimum atomic E-state index is 0.346. The molecule has 0 aromatic carbocycles. The van der Waals surface area contributed by atoms with Crippen molar-refractivity contribution in [3.05, 3.63) is 0 Å². The molecule has 0 unspecified atom stereocenters. The number of rotatable bonds is 4. The first-order valence-corrected chi connectivity index (χ1v) is 7.73. The van der Waals surface area contributed by atoms with E-state index in [0.29, 0.717) is 22.7 Å². The first kappa shape index (κ1) is 11.8. The second-order valence-electron chi connectivity index (χ2n) is 5.67. The number of thioether (sulfide) groups is 1. The monoisotopic (exact) mass is 255 g/mol. The summed E-state index contributed by atoms with van der Waals surface area (Å²) in [6.07, 6.45) is 4.90. The highest BCUT2D eigenvalue weighted by molar-refractivity contribution is 8.01. The summed E-state index contributed by atoms with van der Waals surface area (Å²) in [5.41, 5.74) is 0. The standard InChI is InChI=1S/C13H21NO2S/c1-2-16-11-6-13(17-7-11)8-14(9-13)12(15)5-10-3-4-10/h10-11H,2-9H2,1H3/t11-/m1/s1. The molecule has 0 aromatic heterocycles. The van der Waals surface area contributed by atoms with Crippen molar-refractivity contribution in [1.29, 1.82) is 0 Å². The number of carbonyl (C=O) groups excluding carboxylic acids is 1. The van der Waals surface area contributed by atoms with Gasteiger partial charge < -0.3 is 9.64 Å². The van der Waals surface area contributed by atoms with Crippen molar-refractivity contribution < 1.29 is 9.53 Å². The van der Waals surface area contributed by atoms with Crippen LogP contribution in [-0.2, 0) is 9.53 Å². The van der Waals surface area contributed by atoms with Crippen molar-refractivity contribution in [1.82, 2.24) is 4.90 Å². The third-order valence-electron chi connectivity index (χ3n) is 4.05. The molecule has 0 radical (unpaired) electrons. The van der Waals surface area contributed by atoms with Crippen LogP contribution in [0.25, 0.3) is 0 Å². The number of likely N-dealkylation sites (tertiary alicyclic amines) is 1. The van der Waals surface area contributed by atoms with Gasteiger partial charge in [-0.15, -0.1) is 11.8 Å². The van der Waals surface area contributed by atoms with Crippen molar-refractivity contribution in [2.75, 3.05) is 25.4 Å². The van der Waals surface area contributed by atoms with Gasteiger partial charge >= 0.3 is 0 Å². The highest BCUT2D eigenvalue weighted by Gasteiger charge is 2.51. The zero-order chi connectivity index (χ0) is 11.9. The predicted octanol–water partition coefficient (Wildman–Crippen LogP) is 1.91. The molecule has 3 nitrogen and oxygen atoms in total. The van der Waals surface area contributed by atoms with Crippen LogP contribution in [0.2, 0.25) is 0 Å². The van der Waals surface area contributed by atoms with Crippen LogP contribution in [-0.4, -0.2) is 47.1 Å². The Bertz CT molecular complexity index is 311. The molecular weight excluding hydrogens is 234 g/mol. The molecule has 17 heavy (non-hydrogen) atoms. The van der Waals surface area contributed by atoms with Gasteiger partial charge in [0.05, 0.1) is 10.9 Å². The molecule has 1 atom stereocenters. The van der Waals surface area contributed by atoms with Gasteiger partial charge in [0, 0.05) is 31.9 Å². The Balaban J connectivity index is 1.45. The van der Waals surface area contributed by atoms with Gasteiger partial charge in [0.2, 0.25) is 5.91 Å². The van der Waals surface area contributed by atoms with E-state index in [9.17, 15) is 4.79 Å². The van der Waals surface area contributed by atoms with E-state index in [0.717, 1.165) is 38.3 Å². The van der Waals surface area contributed by atoms with Crippen LogP contribution in [0, 0.1) is 5.92 Å². The number of hydrogen-bond donors (Lipinski definition) is 0. The lowest BCUT2D eigenvalue weighted by atomic mass is 9.92. The quantitative estimate of drug-likeness (QED) is 0.768. The topological polar surface area (TPSA) is 29.5 Å². The Labute approximate surface area is 107 Å². The molecule has 0 N–H and O–H groups in total. The van der Waals surface area contributed by atoms with Crippen LogP contribution >= 0.6 is 11.8 Å². The summed E-state index contributed by atoms with van der Waals surface area (Å²) in [4.78, 5) is 14.0. The molecule has 0 aromatic rings. The number of carbonyl (C=O) groups is 1. The molecule has 4 heteroatoms. The largest absolute Gasteiger partial charge is 0.378 e. The Morgan fingerprint density at radius 1 is 1.47 bits per heavy atom. The Hall–Kier alpha value is -0.220. The molecule has 1 amide bonds. The maximum atomic E-state index is 11.9. The molecule has 1 saturated carbocycles. The third kappa shape index (κ3) is 2.48. The van der Waals surface area contributed by atoms with Gasteiger partial charge in [-0.25, -0.2) is 0 Å². The van der Waals surface area contributed by atoms with Gasteiger partial charge in [-0.05, 0) is 32.1 Å². The molecule has 96 valence electrons. The van der Waals surface area contributed by atoms with Crippen LogP contribution in [0.1, 0.15) is 32.6 Å². The summed E-state index contributed by atoms with van der Waals surface area (Å²) >= 11 is 2.02. The normalized spacial score (nSPS) is 30.6. The minimum absolute atomic E-state index is 0.346. The summed E-state index contributed by atoms with van der Waals surface area (Å²) in [6, 6.07) is 0. The van der Waals surface area contributed by atoms with Crippen LogP contribution in [0.5, 0.6) is 0 Å². The average Bonchev–Trinajstić information content (AvgIpc) is 2.94. The van der Waals surface area contributed by atoms with Crippen LogP contribution in [0.3, 0.4) is 0 Å². The Morgan fingerprint density at radius 3 is 2.88 bits per heavy atom. The fraction of sp³-hybridized carbons (Fsp3) is 0.923. The molecule has 0 bridgehead atoms. The van der Waals surface area contributed by atoms with E-state index in [4.69, 9.17) is 4.74 Å². The van der Waals surface area contributed by atoms with E-state index in [1.165, 1.54) is 12.8 Å². The minimum Gasteiger partial charge on any atom is -0.378 e. The third-order valence-corrected chi connectivity index (χ3v) is 5.62. The molecular formula is C13H21NO2S. The van der Waals surface area contributed by atoms with Gasteiger partial charge in [0.1, 0.15) is 0 Å². The summed E-state index contributed by atoms with van der Waals surface area (Å²) in [5.74, 6) is 2.21. The summed E-state index contributed by atoms with van der Waals surface area (Å²) in [6.45, 7) is 4.80. The number of amides is 1. The fourth-order valence-corrected chi connectivity index (χ4v) is 4.44.